The van der Waals surface area contributed by atoms with E-state index in [0.29, 0.717) is 0 Å². The van der Waals surface area contributed by atoms with Crippen molar-refractivity contribution in [1.29, 1.82) is 0 Å². The van der Waals surface area contributed by atoms with E-state index in [1.165, 1.54) is 0 Å². The second-order valence-corrected chi connectivity index (χ2v) is 5.45. The molecule has 0 heterocycles. The van der Waals surface area contributed by atoms with Crippen LogP contribution < -0.4 is 10.6 Å². The maximum absolute atomic E-state index is 14.2. The molecule has 1 aliphatic rings. The minimum absolute atomic E-state index is 0.0380. The average Bonchev–Trinajstić information content (AvgIpc) is 2.90. The van der Waals surface area contributed by atoms with Gasteiger partial charge in [-0.1, -0.05) is 25.1 Å². The minimum atomic E-state index is -0.687. The van der Waals surface area contributed by atoms with E-state index in [4.69, 9.17) is 23.1 Å². The van der Waals surface area contributed by atoms with Crippen LogP contribution in [-0.2, 0) is 0 Å². The van der Waals surface area contributed by atoms with E-state index in [1.54, 1.807) is 4.90 Å². The molecule has 0 saturated heterocycles. The lowest BCUT2D eigenvalue weighted by Crippen LogP contribution is -2.37. The molecule has 110 valence electrons. The van der Waals surface area contributed by atoms with Gasteiger partial charge >= 0.3 is 0 Å². The summed E-state index contributed by atoms with van der Waals surface area (Å²) in [5.74, 6) is -1.37. The Morgan fingerprint density at radius 3 is 2.30 bits per heavy atom. The van der Waals surface area contributed by atoms with Gasteiger partial charge in [0.05, 0.1) is 6.61 Å². The Morgan fingerprint density at radius 1 is 1.30 bits per heavy atom. The van der Waals surface area contributed by atoms with Gasteiger partial charge in [0.2, 0.25) is 0 Å². The van der Waals surface area contributed by atoms with Crippen LogP contribution in [-0.4, -0.2) is 29.3 Å². The van der Waals surface area contributed by atoms with Crippen LogP contribution in [0.2, 0.25) is 0 Å². The molecule has 0 spiro atoms. The number of hydrogen-bond acceptors (Lipinski definition) is 3. The van der Waals surface area contributed by atoms with Crippen molar-refractivity contribution in [2.75, 3.05) is 18.1 Å². The minimum Gasteiger partial charge on any atom is -0.395 e. The van der Waals surface area contributed by atoms with Gasteiger partial charge in [-0.15, -0.1) is 0 Å². The van der Waals surface area contributed by atoms with E-state index >= 15 is 0 Å². The van der Waals surface area contributed by atoms with Crippen molar-refractivity contribution in [3.05, 3.63) is 29.3 Å². The van der Waals surface area contributed by atoms with E-state index in [-0.39, 0.29) is 35.4 Å². The molecule has 0 aromatic heterocycles. The first kappa shape index (κ1) is 15.1. The quantitative estimate of drug-likeness (QED) is 0.820. The molecule has 0 radical (unpaired) electrons. The Balaban J connectivity index is 2.39. The van der Waals surface area contributed by atoms with Crippen LogP contribution >= 0.6 is 12.2 Å². The van der Waals surface area contributed by atoms with Crippen LogP contribution in [0.3, 0.4) is 0 Å². The van der Waals surface area contributed by atoms with E-state index in [2.05, 4.69) is 0 Å². The van der Waals surface area contributed by atoms with Gasteiger partial charge in [-0.3, -0.25) is 0 Å². The number of aliphatic hydroxyl groups is 1. The van der Waals surface area contributed by atoms with Crippen LogP contribution in [0, 0.1) is 11.6 Å². The van der Waals surface area contributed by atoms with E-state index < -0.39 is 11.6 Å². The van der Waals surface area contributed by atoms with Crippen molar-refractivity contribution >= 4 is 22.9 Å². The van der Waals surface area contributed by atoms with Crippen molar-refractivity contribution in [2.45, 2.75) is 31.7 Å². The highest BCUT2D eigenvalue weighted by Crippen LogP contribution is 2.32. The van der Waals surface area contributed by atoms with Gasteiger partial charge in [0.15, 0.2) is 0 Å². The van der Waals surface area contributed by atoms with Gasteiger partial charge in [-0.2, -0.15) is 0 Å². The number of rotatable bonds is 5. The molecule has 1 aliphatic carbocycles. The molecule has 0 unspecified atom stereocenters. The third kappa shape index (κ3) is 3.07. The Kier molecular flexibility index (Phi) is 4.88. The molecule has 6 heteroatoms. The number of halogens is 2. The van der Waals surface area contributed by atoms with Crippen molar-refractivity contribution in [3.8, 4) is 0 Å². The number of benzene rings is 1. The molecule has 20 heavy (non-hydrogen) atoms. The second kappa shape index (κ2) is 6.45. The summed E-state index contributed by atoms with van der Waals surface area (Å²) in [5, 5.41) is 9.16. The van der Waals surface area contributed by atoms with Crippen LogP contribution in [0.15, 0.2) is 12.1 Å². The topological polar surface area (TPSA) is 49.5 Å². The average molecular weight is 300 g/mol. The number of anilines is 1. The molecule has 0 aliphatic heterocycles. The fraction of sp³-hybridized carbons (Fsp3) is 0.500. The van der Waals surface area contributed by atoms with Gasteiger partial charge in [0.25, 0.3) is 0 Å². The summed E-state index contributed by atoms with van der Waals surface area (Å²) in [4.78, 5) is 1.59. The first-order chi connectivity index (χ1) is 9.54. The predicted molar refractivity (Wildman–Crippen MR) is 78.9 cm³/mol. The number of hydrogen-bond donors (Lipinski definition) is 2. The summed E-state index contributed by atoms with van der Waals surface area (Å²) in [7, 11) is 0. The second-order valence-electron chi connectivity index (χ2n) is 5.01. The summed E-state index contributed by atoms with van der Waals surface area (Å²) in [6.45, 7) is 0.0668. The molecule has 3 N–H and O–H groups in total. The molecule has 1 aromatic rings. The summed E-state index contributed by atoms with van der Waals surface area (Å²) < 4.78 is 28.4. The van der Waals surface area contributed by atoms with Crippen LogP contribution in [0.25, 0.3) is 0 Å². The number of nitrogens with two attached hydrogens (primary N) is 1. The summed E-state index contributed by atoms with van der Waals surface area (Å²) in [6, 6.07) is 2.38. The van der Waals surface area contributed by atoms with Crippen molar-refractivity contribution < 1.29 is 13.9 Å². The largest absolute Gasteiger partial charge is 0.395 e. The molecular formula is C14H18F2N2OS. The molecule has 1 aromatic carbocycles. The standard InChI is InChI=1S/C14H18F2N2OS/c15-11-7-9(14(17)20)8-12(16)13(11)18(5-6-19)10-3-1-2-4-10/h7-8,10,19H,1-6H2,(H2,17,20). The first-order valence-corrected chi connectivity index (χ1v) is 7.11. The molecule has 0 amide bonds. The van der Waals surface area contributed by atoms with Crippen molar-refractivity contribution in [3.63, 3.8) is 0 Å². The molecule has 0 bridgehead atoms. The Morgan fingerprint density at radius 2 is 1.85 bits per heavy atom. The third-order valence-corrected chi connectivity index (χ3v) is 3.93. The molecule has 1 fully saturated rings. The summed E-state index contributed by atoms with van der Waals surface area (Å²) in [5.41, 5.74) is 5.49. The zero-order chi connectivity index (χ0) is 14.7. The van der Waals surface area contributed by atoms with Crippen molar-refractivity contribution in [2.24, 2.45) is 5.73 Å². The molecule has 0 atom stereocenters. The third-order valence-electron chi connectivity index (χ3n) is 3.69. The SMILES string of the molecule is NC(=S)c1cc(F)c(N(CCO)C2CCCC2)c(F)c1. The Hall–Kier alpha value is -1.27. The first-order valence-electron chi connectivity index (χ1n) is 6.71. The van der Waals surface area contributed by atoms with Crippen LogP contribution in [0.5, 0.6) is 0 Å². The predicted octanol–water partition coefficient (Wildman–Crippen LogP) is 2.34. The maximum Gasteiger partial charge on any atom is 0.150 e. The zero-order valence-electron chi connectivity index (χ0n) is 11.1. The highest BCUT2D eigenvalue weighted by Gasteiger charge is 2.27. The van der Waals surface area contributed by atoms with Gasteiger partial charge in [0, 0.05) is 18.2 Å². The summed E-state index contributed by atoms with van der Waals surface area (Å²) in [6.07, 6.45) is 3.85. The Labute approximate surface area is 122 Å². The smallest absolute Gasteiger partial charge is 0.150 e. The summed E-state index contributed by atoms with van der Waals surface area (Å²) >= 11 is 4.74. The fourth-order valence-electron chi connectivity index (χ4n) is 2.78. The van der Waals surface area contributed by atoms with E-state index in [9.17, 15) is 8.78 Å². The van der Waals surface area contributed by atoms with Crippen LogP contribution in [0.1, 0.15) is 31.2 Å². The number of aliphatic hydroxyl groups excluding tert-OH is 1. The highest BCUT2D eigenvalue weighted by atomic mass is 32.1. The van der Waals surface area contributed by atoms with E-state index in [0.717, 1.165) is 37.8 Å². The van der Waals surface area contributed by atoms with Gasteiger partial charge in [-0.25, -0.2) is 8.78 Å². The fourth-order valence-corrected chi connectivity index (χ4v) is 2.90. The monoisotopic (exact) mass is 300 g/mol. The Bertz CT molecular complexity index is 481. The highest BCUT2D eigenvalue weighted by molar-refractivity contribution is 7.80. The molecular weight excluding hydrogens is 282 g/mol. The maximum atomic E-state index is 14.2. The zero-order valence-corrected chi connectivity index (χ0v) is 11.9. The molecule has 2 rings (SSSR count). The number of thiocarbonyl (C=S) groups is 1. The van der Waals surface area contributed by atoms with Gasteiger partial charge in [0.1, 0.15) is 22.3 Å². The van der Waals surface area contributed by atoms with Gasteiger partial charge in [-0.05, 0) is 25.0 Å². The number of nitrogens with zero attached hydrogens (tertiary/aromatic N) is 1. The van der Waals surface area contributed by atoms with E-state index in [1.807, 2.05) is 0 Å². The molecule has 1 saturated carbocycles. The lowest BCUT2D eigenvalue weighted by molar-refractivity contribution is 0.296. The van der Waals surface area contributed by atoms with Gasteiger partial charge < -0.3 is 15.7 Å². The molecule has 3 nitrogen and oxygen atoms in total. The van der Waals surface area contributed by atoms with Crippen molar-refractivity contribution in [1.82, 2.24) is 0 Å². The lowest BCUT2D eigenvalue weighted by atomic mass is 10.1. The normalized spacial score (nSPS) is 15.6. The van der Waals surface area contributed by atoms with Crippen LogP contribution in [0.4, 0.5) is 14.5 Å². The lowest BCUT2D eigenvalue weighted by Gasteiger charge is -2.31.